The molecule has 0 radical (unpaired) electrons. The Hall–Kier alpha value is -1.21. The number of nitrogens with two attached hydrogens (primary N) is 1. The molecule has 1 heterocycles. The van der Waals surface area contributed by atoms with Crippen LogP contribution in [0, 0.1) is 5.95 Å². The third-order valence-corrected chi connectivity index (χ3v) is 2.48. The Balaban J connectivity index is 2.32. The van der Waals surface area contributed by atoms with Crippen LogP contribution in [0.25, 0.3) is 0 Å². The zero-order valence-electron chi connectivity index (χ0n) is 7.98. The number of halogens is 1. The highest BCUT2D eigenvalue weighted by atomic mass is 32.2. The molecule has 1 aromatic heterocycles. The summed E-state index contributed by atoms with van der Waals surface area (Å²) in [7, 11) is -3.42. The molecule has 0 aliphatic rings. The molecule has 0 fully saturated rings. The van der Waals surface area contributed by atoms with E-state index in [-0.39, 0.29) is 5.75 Å². The number of aromatic nitrogens is 1. The monoisotopic (exact) mass is 233 g/mol. The molecule has 0 aliphatic carbocycles. The standard InChI is InChI=1S/C8H12FN3O2S/c9-7-3-1-4-8(12-7)11-5-2-6-15(10,13)14/h1,3-4H,2,5-6H2,(H,11,12)(H2,10,13,14). The molecule has 0 saturated heterocycles. The first-order valence-corrected chi connectivity index (χ1v) is 6.06. The fourth-order valence-corrected chi connectivity index (χ4v) is 1.54. The van der Waals surface area contributed by atoms with Crippen LogP contribution >= 0.6 is 0 Å². The Morgan fingerprint density at radius 2 is 2.20 bits per heavy atom. The second kappa shape index (κ2) is 5.04. The van der Waals surface area contributed by atoms with Gasteiger partial charge < -0.3 is 5.32 Å². The summed E-state index contributed by atoms with van der Waals surface area (Å²) in [6.07, 6.45) is 0.358. The summed E-state index contributed by atoms with van der Waals surface area (Å²) in [4.78, 5) is 3.55. The molecule has 0 amide bonds. The minimum absolute atomic E-state index is 0.102. The van der Waals surface area contributed by atoms with Crippen molar-refractivity contribution >= 4 is 15.8 Å². The van der Waals surface area contributed by atoms with E-state index in [9.17, 15) is 12.8 Å². The Morgan fingerprint density at radius 3 is 2.80 bits per heavy atom. The molecular weight excluding hydrogens is 221 g/mol. The van der Waals surface area contributed by atoms with Gasteiger partial charge in [0.05, 0.1) is 5.75 Å². The van der Waals surface area contributed by atoms with Gasteiger partial charge in [0.2, 0.25) is 16.0 Å². The second-order valence-corrected chi connectivity index (χ2v) is 4.73. The van der Waals surface area contributed by atoms with Crippen LogP contribution in [0.4, 0.5) is 10.2 Å². The molecule has 0 unspecified atom stereocenters. The molecule has 7 heteroatoms. The number of hydrogen-bond donors (Lipinski definition) is 2. The van der Waals surface area contributed by atoms with Crippen molar-refractivity contribution in [2.75, 3.05) is 17.6 Å². The van der Waals surface area contributed by atoms with Gasteiger partial charge in [0.15, 0.2) is 0 Å². The quantitative estimate of drug-likeness (QED) is 0.566. The van der Waals surface area contributed by atoms with Crippen LogP contribution in [0.15, 0.2) is 18.2 Å². The molecule has 15 heavy (non-hydrogen) atoms. The number of anilines is 1. The minimum Gasteiger partial charge on any atom is -0.370 e. The lowest BCUT2D eigenvalue weighted by molar-refractivity contribution is 0.584. The molecule has 0 atom stereocenters. The lowest BCUT2D eigenvalue weighted by Crippen LogP contribution is -2.18. The molecule has 3 N–H and O–H groups in total. The van der Waals surface area contributed by atoms with Crippen LogP contribution in [0.1, 0.15) is 6.42 Å². The van der Waals surface area contributed by atoms with E-state index >= 15 is 0 Å². The Labute approximate surface area is 87.6 Å². The zero-order chi connectivity index (χ0) is 11.3. The first-order chi connectivity index (χ1) is 6.97. The van der Waals surface area contributed by atoms with Crippen LogP contribution in [-0.4, -0.2) is 25.7 Å². The third-order valence-electron chi connectivity index (χ3n) is 1.63. The Morgan fingerprint density at radius 1 is 1.47 bits per heavy atom. The normalized spacial score (nSPS) is 11.3. The van der Waals surface area contributed by atoms with E-state index in [4.69, 9.17) is 5.14 Å². The number of hydrogen-bond acceptors (Lipinski definition) is 4. The predicted octanol–water partition coefficient (Wildman–Crippen LogP) is 0.311. The first-order valence-electron chi connectivity index (χ1n) is 4.34. The maximum absolute atomic E-state index is 12.6. The molecule has 0 saturated carbocycles. The highest BCUT2D eigenvalue weighted by Gasteiger charge is 2.01. The SMILES string of the molecule is NS(=O)(=O)CCCNc1cccc(F)n1. The molecule has 0 bridgehead atoms. The molecule has 0 aromatic carbocycles. The van der Waals surface area contributed by atoms with E-state index in [1.165, 1.54) is 12.1 Å². The van der Waals surface area contributed by atoms with Gasteiger partial charge in [0.25, 0.3) is 0 Å². The van der Waals surface area contributed by atoms with Gasteiger partial charge in [-0.05, 0) is 18.6 Å². The van der Waals surface area contributed by atoms with Crippen molar-refractivity contribution in [1.29, 1.82) is 0 Å². The fraction of sp³-hybridized carbons (Fsp3) is 0.375. The molecule has 84 valence electrons. The van der Waals surface area contributed by atoms with Crippen LogP contribution in [0.3, 0.4) is 0 Å². The molecule has 5 nitrogen and oxygen atoms in total. The predicted molar refractivity (Wildman–Crippen MR) is 55.3 cm³/mol. The van der Waals surface area contributed by atoms with E-state index in [1.807, 2.05) is 0 Å². The van der Waals surface area contributed by atoms with Gasteiger partial charge in [-0.2, -0.15) is 4.39 Å². The highest BCUT2D eigenvalue weighted by molar-refractivity contribution is 7.89. The van der Waals surface area contributed by atoms with Crippen LogP contribution in [0.2, 0.25) is 0 Å². The third kappa shape index (κ3) is 5.28. The summed E-state index contributed by atoms with van der Waals surface area (Å²) in [5.41, 5.74) is 0. The zero-order valence-corrected chi connectivity index (χ0v) is 8.80. The molecular formula is C8H12FN3O2S. The van der Waals surface area contributed by atoms with Crippen molar-refractivity contribution < 1.29 is 12.8 Å². The van der Waals surface area contributed by atoms with E-state index in [0.29, 0.717) is 18.8 Å². The minimum atomic E-state index is -3.42. The van der Waals surface area contributed by atoms with Crippen molar-refractivity contribution in [3.05, 3.63) is 24.1 Å². The summed E-state index contributed by atoms with van der Waals surface area (Å²) < 4.78 is 33.7. The first kappa shape index (κ1) is 11.9. The summed E-state index contributed by atoms with van der Waals surface area (Å²) in [5, 5.41) is 7.59. The molecule has 1 rings (SSSR count). The van der Waals surface area contributed by atoms with Gasteiger partial charge in [-0.15, -0.1) is 0 Å². The fourth-order valence-electron chi connectivity index (χ4n) is 0.997. The van der Waals surface area contributed by atoms with Gasteiger partial charge >= 0.3 is 0 Å². The van der Waals surface area contributed by atoms with Gasteiger partial charge in [-0.25, -0.2) is 18.5 Å². The van der Waals surface area contributed by atoms with Crippen molar-refractivity contribution in [3.63, 3.8) is 0 Å². The van der Waals surface area contributed by atoms with Crippen LogP contribution in [0.5, 0.6) is 0 Å². The van der Waals surface area contributed by atoms with E-state index in [2.05, 4.69) is 10.3 Å². The molecule has 1 aromatic rings. The van der Waals surface area contributed by atoms with Crippen molar-refractivity contribution in [1.82, 2.24) is 4.98 Å². The number of pyridine rings is 1. The van der Waals surface area contributed by atoms with Crippen molar-refractivity contribution in [2.45, 2.75) is 6.42 Å². The van der Waals surface area contributed by atoms with Crippen LogP contribution in [-0.2, 0) is 10.0 Å². The lowest BCUT2D eigenvalue weighted by atomic mass is 10.4. The highest BCUT2D eigenvalue weighted by Crippen LogP contribution is 2.03. The van der Waals surface area contributed by atoms with E-state index in [0.717, 1.165) is 0 Å². The van der Waals surface area contributed by atoms with Gasteiger partial charge in [-0.3, -0.25) is 0 Å². The maximum Gasteiger partial charge on any atom is 0.214 e. The summed E-state index contributed by atoms with van der Waals surface area (Å²) in [6, 6.07) is 4.35. The smallest absolute Gasteiger partial charge is 0.214 e. The Kier molecular flexibility index (Phi) is 3.98. The van der Waals surface area contributed by atoms with Gasteiger partial charge in [0, 0.05) is 6.54 Å². The second-order valence-electron chi connectivity index (χ2n) is 2.99. The van der Waals surface area contributed by atoms with Gasteiger partial charge in [0.1, 0.15) is 5.82 Å². The number of nitrogens with zero attached hydrogens (tertiary/aromatic N) is 1. The maximum atomic E-state index is 12.6. The number of rotatable bonds is 5. The van der Waals surface area contributed by atoms with E-state index in [1.54, 1.807) is 6.07 Å². The summed E-state index contributed by atoms with van der Waals surface area (Å²) in [6.45, 7) is 0.382. The average Bonchev–Trinajstić information content (AvgIpc) is 2.11. The topological polar surface area (TPSA) is 85.1 Å². The number of sulfonamides is 1. The number of primary sulfonamides is 1. The van der Waals surface area contributed by atoms with E-state index < -0.39 is 16.0 Å². The van der Waals surface area contributed by atoms with Gasteiger partial charge in [-0.1, -0.05) is 6.07 Å². The summed E-state index contributed by atoms with van der Waals surface area (Å²) >= 11 is 0. The van der Waals surface area contributed by atoms with Crippen LogP contribution < -0.4 is 10.5 Å². The molecule has 0 spiro atoms. The van der Waals surface area contributed by atoms with Crippen molar-refractivity contribution in [2.24, 2.45) is 5.14 Å². The number of nitrogens with one attached hydrogen (secondary N) is 1. The molecule has 0 aliphatic heterocycles. The Bertz CT molecular complexity index is 422. The summed E-state index contributed by atoms with van der Waals surface area (Å²) in [5.74, 6) is -0.300. The average molecular weight is 233 g/mol. The largest absolute Gasteiger partial charge is 0.370 e. The lowest BCUT2D eigenvalue weighted by Gasteiger charge is -2.04. The van der Waals surface area contributed by atoms with Crippen molar-refractivity contribution in [3.8, 4) is 0 Å².